The predicted molar refractivity (Wildman–Crippen MR) is 88.6 cm³/mol. The van der Waals surface area contributed by atoms with Gasteiger partial charge in [-0.2, -0.15) is 0 Å². The Morgan fingerprint density at radius 2 is 1.96 bits per heavy atom. The van der Waals surface area contributed by atoms with E-state index in [1.165, 1.54) is 0 Å². The molecule has 2 N–H and O–H groups in total. The van der Waals surface area contributed by atoms with Gasteiger partial charge in [0.2, 0.25) is 5.91 Å². The number of likely N-dealkylation sites (tertiary alicyclic amines) is 1. The highest BCUT2D eigenvalue weighted by atomic mass is 16.5. The van der Waals surface area contributed by atoms with Crippen molar-refractivity contribution in [2.75, 3.05) is 20.8 Å². The number of carbonyl (C=O) groups excluding carboxylic acids is 1. The van der Waals surface area contributed by atoms with E-state index in [9.17, 15) is 4.79 Å². The molecule has 3 unspecified atom stereocenters. The van der Waals surface area contributed by atoms with Gasteiger partial charge in [0.15, 0.2) is 11.5 Å². The van der Waals surface area contributed by atoms with Crippen LogP contribution in [0.3, 0.4) is 0 Å². The van der Waals surface area contributed by atoms with Crippen LogP contribution in [0.1, 0.15) is 43.7 Å². The van der Waals surface area contributed by atoms with Crippen LogP contribution in [0, 0.1) is 5.92 Å². The van der Waals surface area contributed by atoms with Gasteiger partial charge in [0, 0.05) is 18.5 Å². The summed E-state index contributed by atoms with van der Waals surface area (Å²) in [4.78, 5) is 14.9. The number of hydrogen-bond donors (Lipinski definition) is 1. The second-order valence-corrected chi connectivity index (χ2v) is 6.57. The zero-order valence-electron chi connectivity index (χ0n) is 14.0. The highest BCUT2D eigenvalue weighted by Gasteiger charge is 2.36. The summed E-state index contributed by atoms with van der Waals surface area (Å²) in [5, 5.41) is 0. The zero-order valence-corrected chi connectivity index (χ0v) is 14.0. The summed E-state index contributed by atoms with van der Waals surface area (Å²) in [7, 11) is 3.27. The molecule has 1 aromatic carbocycles. The Labute approximate surface area is 137 Å². The molecule has 0 spiro atoms. The summed E-state index contributed by atoms with van der Waals surface area (Å²) in [5.74, 6) is 1.81. The number of benzene rings is 1. The molecule has 1 aliphatic carbocycles. The van der Waals surface area contributed by atoms with E-state index in [4.69, 9.17) is 15.2 Å². The lowest BCUT2D eigenvalue weighted by atomic mass is 10.0. The lowest BCUT2D eigenvalue weighted by molar-refractivity contribution is -0.136. The van der Waals surface area contributed by atoms with Gasteiger partial charge < -0.3 is 20.1 Å². The third kappa shape index (κ3) is 3.15. The van der Waals surface area contributed by atoms with Crippen LogP contribution in [0.4, 0.5) is 0 Å². The van der Waals surface area contributed by atoms with E-state index in [-0.39, 0.29) is 23.9 Å². The fourth-order valence-corrected chi connectivity index (χ4v) is 3.91. The smallest absolute Gasteiger partial charge is 0.226 e. The van der Waals surface area contributed by atoms with Crippen molar-refractivity contribution in [3.63, 3.8) is 0 Å². The molecule has 126 valence electrons. The maximum Gasteiger partial charge on any atom is 0.226 e. The van der Waals surface area contributed by atoms with Gasteiger partial charge in [0.05, 0.1) is 20.3 Å². The largest absolute Gasteiger partial charge is 0.493 e. The first-order valence-electron chi connectivity index (χ1n) is 8.42. The van der Waals surface area contributed by atoms with Crippen LogP contribution in [0.15, 0.2) is 18.2 Å². The molecule has 3 rings (SSSR count). The Morgan fingerprint density at radius 1 is 1.17 bits per heavy atom. The first-order chi connectivity index (χ1) is 11.1. The molecule has 1 saturated carbocycles. The molecule has 5 nitrogen and oxygen atoms in total. The monoisotopic (exact) mass is 318 g/mol. The lowest BCUT2D eigenvalue weighted by Gasteiger charge is -2.28. The molecule has 1 aliphatic heterocycles. The minimum atomic E-state index is 0.103. The van der Waals surface area contributed by atoms with Crippen molar-refractivity contribution in [3.8, 4) is 11.5 Å². The van der Waals surface area contributed by atoms with Crippen LogP contribution in [-0.4, -0.2) is 37.6 Å². The van der Waals surface area contributed by atoms with Crippen molar-refractivity contribution >= 4 is 5.91 Å². The molecule has 2 aliphatic rings. The van der Waals surface area contributed by atoms with Crippen molar-refractivity contribution in [1.29, 1.82) is 0 Å². The number of methoxy groups -OCH3 is 2. The number of nitrogens with two attached hydrogens (primary N) is 1. The third-order valence-corrected chi connectivity index (χ3v) is 5.15. The molecule has 1 amide bonds. The van der Waals surface area contributed by atoms with Crippen molar-refractivity contribution in [1.82, 2.24) is 4.90 Å². The average Bonchev–Trinajstić information content (AvgIpc) is 3.22. The first kappa shape index (κ1) is 16.1. The van der Waals surface area contributed by atoms with Crippen LogP contribution >= 0.6 is 0 Å². The van der Waals surface area contributed by atoms with Gasteiger partial charge in [-0.05, 0) is 49.8 Å². The van der Waals surface area contributed by atoms with Crippen LogP contribution in [-0.2, 0) is 4.79 Å². The van der Waals surface area contributed by atoms with E-state index in [2.05, 4.69) is 0 Å². The van der Waals surface area contributed by atoms with Gasteiger partial charge >= 0.3 is 0 Å². The topological polar surface area (TPSA) is 64.8 Å². The highest BCUT2D eigenvalue weighted by Crippen LogP contribution is 2.39. The normalized spacial score (nSPS) is 27.3. The Hall–Kier alpha value is -1.75. The van der Waals surface area contributed by atoms with Crippen molar-refractivity contribution < 1.29 is 14.3 Å². The van der Waals surface area contributed by atoms with Crippen molar-refractivity contribution in [2.24, 2.45) is 11.7 Å². The van der Waals surface area contributed by atoms with Crippen LogP contribution in [0.25, 0.3) is 0 Å². The van der Waals surface area contributed by atoms with Gasteiger partial charge in [-0.1, -0.05) is 6.07 Å². The number of rotatable bonds is 4. The van der Waals surface area contributed by atoms with E-state index in [0.29, 0.717) is 11.5 Å². The van der Waals surface area contributed by atoms with E-state index in [1.807, 2.05) is 23.1 Å². The molecular weight excluding hydrogens is 292 g/mol. The number of hydrogen-bond acceptors (Lipinski definition) is 4. The maximum atomic E-state index is 12.9. The second kappa shape index (κ2) is 6.79. The molecule has 1 aromatic rings. The second-order valence-electron chi connectivity index (χ2n) is 6.57. The fourth-order valence-electron chi connectivity index (χ4n) is 3.91. The average molecular weight is 318 g/mol. The number of nitrogens with zero attached hydrogens (tertiary/aromatic N) is 1. The highest BCUT2D eigenvalue weighted by molar-refractivity contribution is 5.80. The summed E-state index contributed by atoms with van der Waals surface area (Å²) in [6.07, 6.45) is 4.76. The summed E-state index contributed by atoms with van der Waals surface area (Å²) in [5.41, 5.74) is 7.10. The predicted octanol–water partition coefficient (Wildman–Crippen LogP) is 2.49. The Kier molecular flexibility index (Phi) is 4.76. The van der Waals surface area contributed by atoms with Crippen molar-refractivity contribution in [2.45, 2.75) is 44.2 Å². The Bertz CT molecular complexity index is 575. The quantitative estimate of drug-likeness (QED) is 0.926. The maximum absolute atomic E-state index is 12.9. The Morgan fingerprint density at radius 3 is 2.61 bits per heavy atom. The number of amides is 1. The molecule has 3 atom stereocenters. The molecule has 0 radical (unpaired) electrons. The molecule has 5 heteroatoms. The standard InChI is InChI=1S/C18H26N2O3/c1-22-16-8-6-12(11-17(16)23-2)15-4-3-9-20(15)18(21)13-5-7-14(19)10-13/h6,8,11,13-15H,3-5,7,9-10,19H2,1-2H3. The van der Waals surface area contributed by atoms with E-state index >= 15 is 0 Å². The molecule has 0 aromatic heterocycles. The number of carbonyl (C=O) groups is 1. The van der Waals surface area contributed by atoms with Gasteiger partial charge in [-0.15, -0.1) is 0 Å². The van der Waals surface area contributed by atoms with Crippen molar-refractivity contribution in [3.05, 3.63) is 23.8 Å². The SMILES string of the molecule is COc1ccc(C2CCCN2C(=O)C2CCC(N)C2)cc1OC. The van der Waals surface area contributed by atoms with E-state index in [1.54, 1.807) is 14.2 Å². The van der Waals surface area contributed by atoms with Gasteiger partial charge in [0.1, 0.15) is 0 Å². The fraction of sp³-hybridized carbons (Fsp3) is 0.611. The summed E-state index contributed by atoms with van der Waals surface area (Å²) in [6.45, 7) is 0.837. The van der Waals surface area contributed by atoms with Gasteiger partial charge in [-0.3, -0.25) is 4.79 Å². The lowest BCUT2D eigenvalue weighted by Crippen LogP contribution is -2.35. The Balaban J connectivity index is 1.80. The minimum Gasteiger partial charge on any atom is -0.493 e. The van der Waals surface area contributed by atoms with E-state index in [0.717, 1.165) is 44.2 Å². The van der Waals surface area contributed by atoms with E-state index < -0.39 is 0 Å². The molecule has 2 fully saturated rings. The first-order valence-corrected chi connectivity index (χ1v) is 8.42. The molecule has 1 saturated heterocycles. The van der Waals surface area contributed by atoms with Gasteiger partial charge in [-0.25, -0.2) is 0 Å². The number of ether oxygens (including phenoxy) is 2. The van der Waals surface area contributed by atoms with Gasteiger partial charge in [0.25, 0.3) is 0 Å². The summed E-state index contributed by atoms with van der Waals surface area (Å²) in [6, 6.07) is 6.28. The molecule has 0 bridgehead atoms. The summed E-state index contributed by atoms with van der Waals surface area (Å²) < 4.78 is 10.7. The molecule has 23 heavy (non-hydrogen) atoms. The summed E-state index contributed by atoms with van der Waals surface area (Å²) >= 11 is 0. The van der Waals surface area contributed by atoms with Crippen LogP contribution in [0.5, 0.6) is 11.5 Å². The van der Waals surface area contributed by atoms with Crippen LogP contribution < -0.4 is 15.2 Å². The molecule has 1 heterocycles. The van der Waals surface area contributed by atoms with Crippen LogP contribution in [0.2, 0.25) is 0 Å². The zero-order chi connectivity index (χ0) is 16.4. The molecular formula is C18H26N2O3. The third-order valence-electron chi connectivity index (χ3n) is 5.15. The minimum absolute atomic E-state index is 0.103.